The quantitative estimate of drug-likeness (QED) is 0.764. The molecular weight excluding hydrogens is 204 g/mol. The number of amides is 1. The van der Waals surface area contributed by atoms with Crippen LogP contribution >= 0.6 is 0 Å². The number of nitrogens with zero attached hydrogens (tertiary/aromatic N) is 2. The number of nitrogens with two attached hydrogens (primary N) is 1. The Labute approximate surface area is 95.0 Å². The van der Waals surface area contributed by atoms with Crippen molar-refractivity contribution in [2.45, 2.75) is 31.7 Å². The van der Waals surface area contributed by atoms with Crippen molar-refractivity contribution in [1.82, 2.24) is 15.1 Å². The molecule has 5 heteroatoms. The largest absolute Gasteiger partial charge is 0.345 e. The Morgan fingerprint density at radius 1 is 1.69 bits per heavy atom. The van der Waals surface area contributed by atoms with Crippen molar-refractivity contribution < 1.29 is 4.79 Å². The average Bonchev–Trinajstić information content (AvgIpc) is 2.93. The molecule has 0 spiro atoms. The molecule has 88 valence electrons. The number of aromatic nitrogens is 2. The van der Waals surface area contributed by atoms with Crippen molar-refractivity contribution in [1.29, 1.82) is 0 Å². The summed E-state index contributed by atoms with van der Waals surface area (Å²) in [6, 6.07) is 0. The van der Waals surface area contributed by atoms with E-state index in [4.69, 9.17) is 5.73 Å². The van der Waals surface area contributed by atoms with Gasteiger partial charge in [0.25, 0.3) is 5.91 Å². The highest BCUT2D eigenvalue weighted by Crippen LogP contribution is 2.34. The molecule has 0 unspecified atom stereocenters. The smallest absolute Gasteiger partial charge is 0.255 e. The van der Waals surface area contributed by atoms with Crippen molar-refractivity contribution in [2.75, 3.05) is 6.54 Å². The molecule has 3 N–H and O–H groups in total. The van der Waals surface area contributed by atoms with Gasteiger partial charge in [-0.3, -0.25) is 9.48 Å². The topological polar surface area (TPSA) is 72.9 Å². The molecule has 2 rings (SSSR count). The zero-order valence-corrected chi connectivity index (χ0v) is 9.79. The van der Waals surface area contributed by atoms with E-state index in [2.05, 4.69) is 10.4 Å². The minimum atomic E-state index is -0.141. The summed E-state index contributed by atoms with van der Waals surface area (Å²) in [5, 5.41) is 7.26. The number of hydrogen-bond donors (Lipinski definition) is 2. The zero-order chi connectivity index (χ0) is 11.8. The van der Waals surface area contributed by atoms with Gasteiger partial charge in [-0.2, -0.15) is 5.10 Å². The van der Waals surface area contributed by atoms with Crippen molar-refractivity contribution in [3.05, 3.63) is 17.5 Å². The van der Waals surface area contributed by atoms with E-state index in [0.717, 1.165) is 25.0 Å². The van der Waals surface area contributed by atoms with Crippen LogP contribution in [0.5, 0.6) is 0 Å². The maximum Gasteiger partial charge on any atom is 0.255 e. The summed E-state index contributed by atoms with van der Waals surface area (Å²) in [6.07, 6.45) is 4.49. The molecule has 1 aliphatic rings. The van der Waals surface area contributed by atoms with Crippen LogP contribution in [0.25, 0.3) is 0 Å². The first-order chi connectivity index (χ1) is 7.60. The molecule has 1 aromatic heterocycles. The Kier molecular flexibility index (Phi) is 2.71. The third-order valence-electron chi connectivity index (χ3n) is 3.11. The molecule has 1 aromatic rings. The third-order valence-corrected chi connectivity index (χ3v) is 3.11. The lowest BCUT2D eigenvalue weighted by Crippen LogP contribution is -2.42. The third kappa shape index (κ3) is 1.95. The molecule has 1 aliphatic carbocycles. The normalized spacial score (nSPS) is 17.2. The maximum absolute atomic E-state index is 12.0. The van der Waals surface area contributed by atoms with Crippen LogP contribution in [0.3, 0.4) is 0 Å². The van der Waals surface area contributed by atoms with E-state index in [-0.39, 0.29) is 11.4 Å². The fraction of sp³-hybridized carbons (Fsp3) is 0.636. The van der Waals surface area contributed by atoms with Crippen LogP contribution in [0.1, 0.15) is 35.8 Å². The zero-order valence-electron chi connectivity index (χ0n) is 9.79. The molecule has 1 amide bonds. The number of carbonyl (C=O) groups is 1. The van der Waals surface area contributed by atoms with Crippen molar-refractivity contribution in [3.63, 3.8) is 0 Å². The van der Waals surface area contributed by atoms with Crippen molar-refractivity contribution in [3.8, 4) is 0 Å². The molecule has 0 radical (unpaired) electrons. The van der Waals surface area contributed by atoms with Crippen LogP contribution in [0.2, 0.25) is 0 Å². The fourth-order valence-corrected chi connectivity index (χ4v) is 1.82. The molecule has 1 heterocycles. The van der Waals surface area contributed by atoms with E-state index in [1.165, 1.54) is 0 Å². The van der Waals surface area contributed by atoms with Gasteiger partial charge in [-0.1, -0.05) is 6.92 Å². The molecular formula is C11H18N4O. The summed E-state index contributed by atoms with van der Waals surface area (Å²) >= 11 is 0. The van der Waals surface area contributed by atoms with E-state index >= 15 is 0 Å². The molecule has 5 nitrogen and oxygen atoms in total. The van der Waals surface area contributed by atoms with E-state index in [1.807, 2.05) is 14.0 Å². The Balaban J connectivity index is 2.14. The lowest BCUT2D eigenvalue weighted by Gasteiger charge is -2.14. The minimum Gasteiger partial charge on any atom is -0.345 e. The first kappa shape index (κ1) is 11.1. The van der Waals surface area contributed by atoms with Gasteiger partial charge in [-0.05, 0) is 19.3 Å². The first-order valence-corrected chi connectivity index (χ1v) is 5.65. The van der Waals surface area contributed by atoms with E-state index in [0.29, 0.717) is 12.1 Å². The van der Waals surface area contributed by atoms with Crippen LogP contribution in [0, 0.1) is 0 Å². The standard InChI is InChI=1S/C11H18N4O/c1-3-9-8(6-15(2)14-9)10(16)13-11(7-12)4-5-11/h6H,3-5,7,12H2,1-2H3,(H,13,16). The first-order valence-electron chi connectivity index (χ1n) is 5.65. The molecule has 0 bridgehead atoms. The fourth-order valence-electron chi connectivity index (χ4n) is 1.82. The molecule has 16 heavy (non-hydrogen) atoms. The van der Waals surface area contributed by atoms with Gasteiger partial charge in [0.1, 0.15) is 0 Å². The summed E-state index contributed by atoms with van der Waals surface area (Å²) in [5.74, 6) is -0.0482. The van der Waals surface area contributed by atoms with E-state index in [9.17, 15) is 4.79 Å². The summed E-state index contributed by atoms with van der Waals surface area (Å²) in [7, 11) is 1.83. The van der Waals surface area contributed by atoms with Gasteiger partial charge in [0.05, 0.1) is 16.8 Å². The van der Waals surface area contributed by atoms with Crippen molar-refractivity contribution in [2.24, 2.45) is 12.8 Å². The minimum absolute atomic E-state index is 0.0482. The monoisotopic (exact) mass is 222 g/mol. The molecule has 1 saturated carbocycles. The van der Waals surface area contributed by atoms with Gasteiger partial charge in [-0.25, -0.2) is 0 Å². The van der Waals surface area contributed by atoms with E-state index < -0.39 is 0 Å². The second-order valence-corrected chi connectivity index (χ2v) is 4.46. The molecule has 0 saturated heterocycles. The van der Waals surface area contributed by atoms with E-state index in [1.54, 1.807) is 10.9 Å². The number of aryl methyl sites for hydroxylation is 2. The summed E-state index contributed by atoms with van der Waals surface area (Å²) < 4.78 is 1.68. The van der Waals surface area contributed by atoms with Gasteiger partial charge in [0, 0.05) is 19.8 Å². The lowest BCUT2D eigenvalue weighted by atomic mass is 10.1. The second-order valence-electron chi connectivity index (χ2n) is 4.46. The van der Waals surface area contributed by atoms with Crippen molar-refractivity contribution >= 4 is 5.91 Å². The highest BCUT2D eigenvalue weighted by atomic mass is 16.2. The molecule has 1 fully saturated rings. The molecule has 0 aromatic carbocycles. The number of nitrogens with one attached hydrogen (secondary N) is 1. The Hall–Kier alpha value is -1.36. The van der Waals surface area contributed by atoms with Crippen LogP contribution < -0.4 is 11.1 Å². The summed E-state index contributed by atoms with van der Waals surface area (Å²) in [6.45, 7) is 2.51. The summed E-state index contributed by atoms with van der Waals surface area (Å²) in [4.78, 5) is 12.0. The number of hydrogen-bond acceptors (Lipinski definition) is 3. The molecule has 0 aliphatic heterocycles. The van der Waals surface area contributed by atoms with Crippen LogP contribution in [-0.4, -0.2) is 27.8 Å². The Morgan fingerprint density at radius 3 is 2.88 bits per heavy atom. The number of carbonyl (C=O) groups excluding carboxylic acids is 1. The SMILES string of the molecule is CCc1nn(C)cc1C(=O)NC1(CN)CC1. The predicted octanol–water partition coefficient (Wildman–Crippen LogP) is 0.204. The average molecular weight is 222 g/mol. The van der Waals surface area contributed by atoms with Crippen LogP contribution in [0.15, 0.2) is 6.20 Å². The van der Waals surface area contributed by atoms with Gasteiger partial charge in [0.15, 0.2) is 0 Å². The van der Waals surface area contributed by atoms with Crippen LogP contribution in [0.4, 0.5) is 0 Å². The Bertz CT molecular complexity index is 406. The molecule has 0 atom stereocenters. The van der Waals surface area contributed by atoms with Gasteiger partial charge in [-0.15, -0.1) is 0 Å². The predicted molar refractivity (Wildman–Crippen MR) is 61.1 cm³/mol. The maximum atomic E-state index is 12.0. The van der Waals surface area contributed by atoms with Crippen LogP contribution in [-0.2, 0) is 13.5 Å². The van der Waals surface area contributed by atoms with Gasteiger partial charge in [0.2, 0.25) is 0 Å². The lowest BCUT2D eigenvalue weighted by molar-refractivity contribution is 0.0932. The second kappa shape index (κ2) is 3.90. The highest BCUT2D eigenvalue weighted by Gasteiger charge is 2.43. The van der Waals surface area contributed by atoms with Gasteiger partial charge < -0.3 is 11.1 Å². The number of rotatable bonds is 4. The Morgan fingerprint density at radius 2 is 2.38 bits per heavy atom. The highest BCUT2D eigenvalue weighted by molar-refractivity contribution is 5.95. The summed E-state index contributed by atoms with van der Waals surface area (Å²) in [5.41, 5.74) is 7.01. The van der Waals surface area contributed by atoms with Gasteiger partial charge >= 0.3 is 0 Å².